The molecule has 0 bridgehead atoms. The molecule has 11 heavy (non-hydrogen) atoms. The summed E-state index contributed by atoms with van der Waals surface area (Å²) >= 11 is 0. The molecule has 0 aromatic heterocycles. The van der Waals surface area contributed by atoms with Gasteiger partial charge in [0.25, 0.3) is 0 Å². The van der Waals surface area contributed by atoms with Crippen LogP contribution in [-0.4, -0.2) is 21.8 Å². The third-order valence-corrected chi connectivity index (χ3v) is 3.28. The number of aliphatic carboxylic acids is 1. The lowest BCUT2D eigenvalue weighted by molar-refractivity contribution is -0.164. The maximum absolute atomic E-state index is 10.7. The third kappa shape index (κ3) is 0.692. The van der Waals surface area contributed by atoms with Crippen molar-refractivity contribution in [3.05, 3.63) is 0 Å². The van der Waals surface area contributed by atoms with Gasteiger partial charge in [0.2, 0.25) is 0 Å². The van der Waals surface area contributed by atoms with E-state index in [9.17, 15) is 9.90 Å². The molecule has 2 aliphatic carbocycles. The van der Waals surface area contributed by atoms with Crippen molar-refractivity contribution in [2.24, 2.45) is 5.41 Å². The number of carboxylic acid groups (broad SMARTS) is 1. The van der Waals surface area contributed by atoms with Gasteiger partial charge >= 0.3 is 5.97 Å². The second kappa shape index (κ2) is 1.78. The van der Waals surface area contributed by atoms with Crippen molar-refractivity contribution in [1.29, 1.82) is 0 Å². The fraction of sp³-hybridized carbons (Fsp3) is 0.875. The van der Waals surface area contributed by atoms with Crippen molar-refractivity contribution in [2.75, 3.05) is 0 Å². The Balaban J connectivity index is 2.30. The van der Waals surface area contributed by atoms with Crippen molar-refractivity contribution in [2.45, 2.75) is 37.7 Å². The highest BCUT2D eigenvalue weighted by Gasteiger charge is 2.65. The Morgan fingerprint density at radius 1 is 1.18 bits per heavy atom. The smallest absolute Gasteiger partial charge is 0.336 e. The first-order valence-corrected chi connectivity index (χ1v) is 4.07. The zero-order valence-electron chi connectivity index (χ0n) is 6.34. The minimum atomic E-state index is -1.38. The first-order valence-electron chi connectivity index (χ1n) is 4.07. The molecule has 0 heterocycles. The number of carbonyl (C=O) groups is 1. The second-order valence-corrected chi connectivity index (χ2v) is 3.80. The Labute approximate surface area is 65.0 Å². The molecule has 2 rings (SSSR count). The molecule has 0 amide bonds. The van der Waals surface area contributed by atoms with Gasteiger partial charge < -0.3 is 10.2 Å². The van der Waals surface area contributed by atoms with Gasteiger partial charge in [-0.1, -0.05) is 0 Å². The molecule has 2 aliphatic rings. The van der Waals surface area contributed by atoms with Gasteiger partial charge in [-0.2, -0.15) is 0 Å². The topological polar surface area (TPSA) is 57.5 Å². The van der Waals surface area contributed by atoms with Crippen LogP contribution in [0.5, 0.6) is 0 Å². The summed E-state index contributed by atoms with van der Waals surface area (Å²) < 4.78 is 0. The minimum Gasteiger partial charge on any atom is -0.479 e. The van der Waals surface area contributed by atoms with Crippen LogP contribution in [0.25, 0.3) is 0 Å². The predicted molar refractivity (Wildman–Crippen MR) is 38.1 cm³/mol. The Bertz CT molecular complexity index is 207. The molecule has 0 saturated heterocycles. The van der Waals surface area contributed by atoms with Crippen LogP contribution in [0.3, 0.4) is 0 Å². The Kier molecular flexibility index (Phi) is 1.15. The Morgan fingerprint density at radius 3 is 2.18 bits per heavy atom. The van der Waals surface area contributed by atoms with Gasteiger partial charge in [-0.15, -0.1) is 0 Å². The van der Waals surface area contributed by atoms with Crippen LogP contribution in [-0.2, 0) is 4.79 Å². The molecule has 3 nitrogen and oxygen atoms in total. The summed E-state index contributed by atoms with van der Waals surface area (Å²) in [7, 11) is 0. The Hall–Kier alpha value is -0.570. The van der Waals surface area contributed by atoms with Crippen LogP contribution in [0.4, 0.5) is 0 Å². The molecule has 62 valence electrons. The summed E-state index contributed by atoms with van der Waals surface area (Å²) in [4.78, 5) is 10.7. The van der Waals surface area contributed by atoms with E-state index in [-0.39, 0.29) is 5.41 Å². The van der Waals surface area contributed by atoms with Crippen molar-refractivity contribution in [3.63, 3.8) is 0 Å². The first-order chi connectivity index (χ1) is 5.11. The quantitative estimate of drug-likeness (QED) is 0.589. The normalized spacial score (nSPS) is 39.4. The molecule has 0 aliphatic heterocycles. The van der Waals surface area contributed by atoms with E-state index < -0.39 is 11.6 Å². The van der Waals surface area contributed by atoms with Crippen molar-refractivity contribution >= 4 is 5.97 Å². The third-order valence-electron chi connectivity index (χ3n) is 3.28. The maximum atomic E-state index is 10.7. The van der Waals surface area contributed by atoms with Gasteiger partial charge in [0.15, 0.2) is 5.60 Å². The highest BCUT2D eigenvalue weighted by molar-refractivity contribution is 5.79. The molecule has 2 saturated carbocycles. The number of carboxylic acids is 1. The summed E-state index contributed by atoms with van der Waals surface area (Å²) in [5, 5.41) is 18.6. The highest BCUT2D eigenvalue weighted by Crippen LogP contribution is 2.63. The zero-order chi connectivity index (χ0) is 8.11. The maximum Gasteiger partial charge on any atom is 0.336 e. The van der Waals surface area contributed by atoms with Crippen LogP contribution < -0.4 is 0 Å². The van der Waals surface area contributed by atoms with Crippen molar-refractivity contribution < 1.29 is 15.0 Å². The van der Waals surface area contributed by atoms with E-state index in [0.29, 0.717) is 6.42 Å². The van der Waals surface area contributed by atoms with E-state index in [1.807, 2.05) is 0 Å². The molecule has 2 fully saturated rings. The number of aliphatic hydroxyl groups is 1. The lowest BCUT2D eigenvalue weighted by Gasteiger charge is -2.24. The first kappa shape index (κ1) is 7.10. The average molecular weight is 156 g/mol. The summed E-state index contributed by atoms with van der Waals surface area (Å²) in [6.07, 6.45) is 4.01. The van der Waals surface area contributed by atoms with Crippen LogP contribution in [0, 0.1) is 5.41 Å². The van der Waals surface area contributed by atoms with E-state index in [4.69, 9.17) is 5.11 Å². The van der Waals surface area contributed by atoms with E-state index in [1.54, 1.807) is 0 Å². The van der Waals surface area contributed by atoms with E-state index in [0.717, 1.165) is 25.7 Å². The highest BCUT2D eigenvalue weighted by atomic mass is 16.4. The molecule has 1 unspecified atom stereocenters. The minimum absolute atomic E-state index is 0.223. The van der Waals surface area contributed by atoms with E-state index in [1.165, 1.54) is 0 Å². The van der Waals surface area contributed by atoms with Crippen LogP contribution in [0.1, 0.15) is 32.1 Å². The molecule has 1 atom stereocenters. The van der Waals surface area contributed by atoms with Gasteiger partial charge in [0.05, 0.1) is 0 Å². The molecule has 2 N–H and O–H groups in total. The largest absolute Gasteiger partial charge is 0.479 e. The van der Waals surface area contributed by atoms with Crippen LogP contribution in [0.15, 0.2) is 0 Å². The fourth-order valence-corrected chi connectivity index (χ4v) is 2.30. The summed E-state index contributed by atoms with van der Waals surface area (Å²) in [5.41, 5.74) is -1.61. The SMILES string of the molecule is O=C(O)C1(O)CCCC12CC2. The predicted octanol–water partition coefficient (Wildman–Crippen LogP) is 0.766. The number of hydrogen-bond donors (Lipinski definition) is 2. The molecule has 1 spiro atoms. The van der Waals surface area contributed by atoms with E-state index in [2.05, 4.69) is 0 Å². The van der Waals surface area contributed by atoms with Crippen molar-refractivity contribution in [1.82, 2.24) is 0 Å². The van der Waals surface area contributed by atoms with Gasteiger partial charge in [-0.25, -0.2) is 4.79 Å². The van der Waals surface area contributed by atoms with Gasteiger partial charge in [-0.3, -0.25) is 0 Å². The summed E-state index contributed by atoms with van der Waals surface area (Å²) in [6.45, 7) is 0. The number of rotatable bonds is 1. The lowest BCUT2D eigenvalue weighted by atomic mass is 9.88. The van der Waals surface area contributed by atoms with Gasteiger partial charge in [0.1, 0.15) is 0 Å². The lowest BCUT2D eigenvalue weighted by Crippen LogP contribution is -2.43. The molecule has 0 aromatic rings. The molecule has 0 aromatic carbocycles. The molecule has 3 heteroatoms. The molecular weight excluding hydrogens is 144 g/mol. The molecular formula is C8H12O3. The summed E-state index contributed by atoms with van der Waals surface area (Å²) in [5.74, 6) is -1.02. The number of hydrogen-bond acceptors (Lipinski definition) is 2. The Morgan fingerprint density at radius 2 is 1.82 bits per heavy atom. The standard InChI is InChI=1S/C8H12O3/c9-6(10)8(11)3-1-2-7(8)4-5-7/h11H,1-5H2,(H,9,10). The monoisotopic (exact) mass is 156 g/mol. The molecule has 0 radical (unpaired) electrons. The van der Waals surface area contributed by atoms with Gasteiger partial charge in [-0.05, 0) is 32.1 Å². The van der Waals surface area contributed by atoms with Crippen molar-refractivity contribution in [3.8, 4) is 0 Å². The fourth-order valence-electron chi connectivity index (χ4n) is 2.30. The second-order valence-electron chi connectivity index (χ2n) is 3.80. The van der Waals surface area contributed by atoms with E-state index >= 15 is 0 Å². The van der Waals surface area contributed by atoms with Crippen LogP contribution >= 0.6 is 0 Å². The zero-order valence-corrected chi connectivity index (χ0v) is 6.34. The summed E-state index contributed by atoms with van der Waals surface area (Å²) in [6, 6.07) is 0. The average Bonchev–Trinajstić information content (AvgIpc) is 2.60. The van der Waals surface area contributed by atoms with Gasteiger partial charge in [0, 0.05) is 5.41 Å². The van der Waals surface area contributed by atoms with Crippen LogP contribution in [0.2, 0.25) is 0 Å².